The van der Waals surface area contributed by atoms with Crippen LogP contribution in [0.1, 0.15) is 36.7 Å². The number of carbonyl (C=O) groups is 1. The van der Waals surface area contributed by atoms with Gasteiger partial charge in [-0.25, -0.2) is 4.98 Å². The molecule has 0 radical (unpaired) electrons. The largest absolute Gasteiger partial charge is 0.332 e. The van der Waals surface area contributed by atoms with Crippen LogP contribution in [0, 0.1) is 0 Å². The first-order valence-corrected chi connectivity index (χ1v) is 10.9. The molecule has 2 aromatic carbocycles. The maximum Gasteiger partial charge on any atom is 0.257 e. The Labute approximate surface area is 172 Å². The molecule has 1 aromatic heterocycles. The predicted molar refractivity (Wildman–Crippen MR) is 120 cm³/mol. The molecule has 2 N–H and O–H groups in total. The highest BCUT2D eigenvalue weighted by molar-refractivity contribution is 8.00. The van der Waals surface area contributed by atoms with E-state index in [1.807, 2.05) is 48.7 Å². The molecule has 0 spiro atoms. The Morgan fingerprint density at radius 1 is 1.15 bits per heavy atom. The first-order valence-electron chi connectivity index (χ1n) is 8.44. The van der Waals surface area contributed by atoms with E-state index in [0.29, 0.717) is 5.56 Å². The number of amides is 1. The third kappa shape index (κ3) is 4.86. The van der Waals surface area contributed by atoms with Crippen molar-refractivity contribution in [2.45, 2.75) is 30.5 Å². The monoisotopic (exact) mass is 415 g/mol. The number of benzene rings is 2. The summed E-state index contributed by atoms with van der Waals surface area (Å²) in [6.45, 7) is 6.43. The second-order valence-electron chi connectivity index (χ2n) is 7.10. The van der Waals surface area contributed by atoms with Crippen LogP contribution in [0.5, 0.6) is 0 Å². The van der Waals surface area contributed by atoms with Gasteiger partial charge in [0.1, 0.15) is 0 Å². The summed E-state index contributed by atoms with van der Waals surface area (Å²) in [6.07, 6.45) is 2.01. The minimum absolute atomic E-state index is 0.0529. The Morgan fingerprint density at radius 2 is 1.85 bits per heavy atom. The molecule has 3 aromatic rings. The second-order valence-corrected chi connectivity index (χ2v) is 9.59. The van der Waals surface area contributed by atoms with Gasteiger partial charge in [-0.3, -0.25) is 10.1 Å². The van der Waals surface area contributed by atoms with Gasteiger partial charge in [0, 0.05) is 11.3 Å². The summed E-state index contributed by atoms with van der Waals surface area (Å²) in [7, 11) is 0. The Balaban J connectivity index is 1.65. The molecule has 0 unspecified atom stereocenters. The summed E-state index contributed by atoms with van der Waals surface area (Å²) < 4.78 is 2.10. The zero-order valence-corrected chi connectivity index (χ0v) is 18.1. The van der Waals surface area contributed by atoms with E-state index in [1.165, 1.54) is 5.56 Å². The van der Waals surface area contributed by atoms with Crippen molar-refractivity contribution in [3.8, 4) is 0 Å². The summed E-state index contributed by atoms with van der Waals surface area (Å²) in [5, 5.41) is 6.07. The minimum atomic E-state index is -0.225. The molecule has 0 aliphatic rings. The third-order valence-corrected chi connectivity index (χ3v) is 6.25. The molecule has 0 fully saturated rings. The van der Waals surface area contributed by atoms with Crippen LogP contribution in [0.2, 0.25) is 0 Å². The van der Waals surface area contributed by atoms with Gasteiger partial charge in [-0.05, 0) is 59.8 Å². The fourth-order valence-electron chi connectivity index (χ4n) is 2.53. The van der Waals surface area contributed by atoms with Crippen molar-refractivity contribution in [3.63, 3.8) is 0 Å². The van der Waals surface area contributed by atoms with Crippen molar-refractivity contribution in [1.29, 1.82) is 0 Å². The number of hydrogen-bond acceptors (Lipinski definition) is 5. The summed E-state index contributed by atoms with van der Waals surface area (Å²) in [6, 6.07) is 13.5. The van der Waals surface area contributed by atoms with Crippen LogP contribution in [0.4, 0.5) is 5.69 Å². The number of carbonyl (C=O) groups excluding carboxylic acids is 1. The molecule has 0 bridgehead atoms. The molecule has 0 saturated heterocycles. The number of nitrogens with zero attached hydrogens (tertiary/aromatic N) is 1. The molecule has 0 aliphatic heterocycles. The zero-order chi connectivity index (χ0) is 19.6. The second kappa shape index (κ2) is 7.96. The van der Waals surface area contributed by atoms with E-state index in [0.717, 1.165) is 20.2 Å². The predicted octanol–water partition coefficient (Wildman–Crippen LogP) is 5.44. The number of nitrogens with one attached hydrogen (secondary N) is 2. The molecule has 0 saturated carbocycles. The number of thiocarbonyl (C=S) groups is 1. The average Bonchev–Trinajstić information content (AvgIpc) is 3.03. The van der Waals surface area contributed by atoms with Crippen molar-refractivity contribution in [1.82, 2.24) is 10.3 Å². The van der Waals surface area contributed by atoms with Gasteiger partial charge < -0.3 is 5.32 Å². The standard InChI is InChI=1S/C20H21N3OS3/c1-20(2,3)13-7-5-12(6-8-13)17(24)23-18(25)21-14-9-10-15-16(11-14)27-19(22-15)26-4/h5-11H,1-4H3,(H2,21,23,24,25). The van der Waals surface area contributed by atoms with Crippen LogP contribution >= 0.6 is 35.3 Å². The summed E-state index contributed by atoms with van der Waals surface area (Å²) >= 11 is 8.55. The van der Waals surface area contributed by atoms with E-state index < -0.39 is 0 Å². The summed E-state index contributed by atoms with van der Waals surface area (Å²) in [5.41, 5.74) is 3.60. The lowest BCUT2D eigenvalue weighted by Crippen LogP contribution is -2.34. The van der Waals surface area contributed by atoms with Crippen molar-refractivity contribution in [2.75, 3.05) is 11.6 Å². The SMILES string of the molecule is CSc1nc2ccc(NC(=S)NC(=O)c3ccc(C(C)(C)C)cc3)cc2s1. The van der Waals surface area contributed by atoms with Crippen LogP contribution < -0.4 is 10.6 Å². The molecule has 1 heterocycles. The van der Waals surface area contributed by atoms with E-state index in [9.17, 15) is 4.79 Å². The molecule has 0 aliphatic carbocycles. The van der Waals surface area contributed by atoms with Gasteiger partial charge in [0.25, 0.3) is 5.91 Å². The van der Waals surface area contributed by atoms with Crippen LogP contribution in [-0.2, 0) is 5.41 Å². The quantitative estimate of drug-likeness (QED) is 0.440. The lowest BCUT2D eigenvalue weighted by Gasteiger charge is -2.19. The topological polar surface area (TPSA) is 54.0 Å². The maximum atomic E-state index is 12.4. The summed E-state index contributed by atoms with van der Waals surface area (Å²) in [4.78, 5) is 16.9. The average molecular weight is 416 g/mol. The number of thiazole rings is 1. The molecule has 140 valence electrons. The number of thioether (sulfide) groups is 1. The number of anilines is 1. The molecule has 7 heteroatoms. The molecule has 27 heavy (non-hydrogen) atoms. The molecule has 3 rings (SSSR count). The van der Waals surface area contributed by atoms with Gasteiger partial charge in [0.2, 0.25) is 0 Å². The number of hydrogen-bond donors (Lipinski definition) is 2. The van der Waals surface area contributed by atoms with E-state index in [1.54, 1.807) is 23.1 Å². The van der Waals surface area contributed by atoms with Crippen LogP contribution in [-0.4, -0.2) is 22.3 Å². The van der Waals surface area contributed by atoms with Crippen LogP contribution in [0.3, 0.4) is 0 Å². The lowest BCUT2D eigenvalue weighted by atomic mass is 9.87. The molecular formula is C20H21N3OS3. The molecular weight excluding hydrogens is 394 g/mol. The zero-order valence-electron chi connectivity index (χ0n) is 15.6. The van der Waals surface area contributed by atoms with Gasteiger partial charge >= 0.3 is 0 Å². The number of fused-ring (bicyclic) bond motifs is 1. The highest BCUT2D eigenvalue weighted by Gasteiger charge is 2.15. The third-order valence-electron chi connectivity index (χ3n) is 4.04. The first-order chi connectivity index (χ1) is 12.8. The van der Waals surface area contributed by atoms with Crippen LogP contribution in [0.25, 0.3) is 10.2 Å². The lowest BCUT2D eigenvalue weighted by molar-refractivity contribution is 0.0977. The Bertz CT molecular complexity index is 988. The number of rotatable bonds is 3. The van der Waals surface area contributed by atoms with Crippen molar-refractivity contribution in [3.05, 3.63) is 53.6 Å². The fourth-order valence-corrected chi connectivity index (χ4v) is 4.27. The fraction of sp³-hybridized carbons (Fsp3) is 0.250. The smallest absolute Gasteiger partial charge is 0.257 e. The van der Waals surface area contributed by atoms with Crippen molar-refractivity contribution >= 4 is 62.2 Å². The van der Waals surface area contributed by atoms with Gasteiger partial charge in [0.15, 0.2) is 9.45 Å². The Kier molecular flexibility index (Phi) is 5.83. The van der Waals surface area contributed by atoms with E-state index in [2.05, 4.69) is 36.4 Å². The van der Waals surface area contributed by atoms with Crippen molar-refractivity contribution in [2.24, 2.45) is 0 Å². The first kappa shape index (κ1) is 19.8. The highest BCUT2D eigenvalue weighted by Crippen LogP contribution is 2.30. The van der Waals surface area contributed by atoms with Gasteiger partial charge in [-0.2, -0.15) is 0 Å². The Morgan fingerprint density at radius 3 is 2.48 bits per heavy atom. The highest BCUT2D eigenvalue weighted by atomic mass is 32.2. The maximum absolute atomic E-state index is 12.4. The van der Waals surface area contributed by atoms with Gasteiger partial charge in [-0.1, -0.05) is 44.7 Å². The minimum Gasteiger partial charge on any atom is -0.332 e. The molecule has 0 atom stereocenters. The normalized spacial score (nSPS) is 11.4. The van der Waals surface area contributed by atoms with Gasteiger partial charge in [0.05, 0.1) is 10.2 Å². The van der Waals surface area contributed by atoms with E-state index in [4.69, 9.17) is 12.2 Å². The van der Waals surface area contributed by atoms with Crippen molar-refractivity contribution < 1.29 is 4.79 Å². The summed E-state index contributed by atoms with van der Waals surface area (Å²) in [5.74, 6) is -0.225. The Hall–Kier alpha value is -1.96. The number of aromatic nitrogens is 1. The van der Waals surface area contributed by atoms with E-state index in [-0.39, 0.29) is 16.4 Å². The molecule has 4 nitrogen and oxygen atoms in total. The van der Waals surface area contributed by atoms with E-state index >= 15 is 0 Å². The van der Waals surface area contributed by atoms with Gasteiger partial charge in [-0.15, -0.1) is 11.3 Å². The molecule has 1 amide bonds. The van der Waals surface area contributed by atoms with Crippen LogP contribution in [0.15, 0.2) is 46.8 Å².